The van der Waals surface area contributed by atoms with Crippen LogP contribution in [-0.4, -0.2) is 23.2 Å². The van der Waals surface area contributed by atoms with Crippen molar-refractivity contribution in [1.29, 1.82) is 5.41 Å². The minimum absolute atomic E-state index is 0.0110. The normalized spacial score (nSPS) is 45.7. The molecule has 4 rings (SSSR count). The number of allylic oxidation sites excluding steroid dienone is 4. The number of carbonyl (C=O) groups excluding carboxylic acids is 1. The van der Waals surface area contributed by atoms with Crippen LogP contribution in [0.5, 0.6) is 0 Å². The van der Waals surface area contributed by atoms with Crippen LogP contribution in [0.4, 0.5) is 0 Å². The van der Waals surface area contributed by atoms with Gasteiger partial charge in [-0.3, -0.25) is 4.79 Å². The molecule has 3 aliphatic carbocycles. The number of Topliss-reactive ketones (excluding diaryl/α,β-unsaturated/α-hetero) is 1. The minimum Gasteiger partial charge on any atom is -0.371 e. The summed E-state index contributed by atoms with van der Waals surface area (Å²) in [6, 6.07) is 0. The predicted octanol–water partition coefficient (Wildman–Crippen LogP) is 5.42. The maximum Gasteiger partial charge on any atom is 0.132 e. The van der Waals surface area contributed by atoms with Crippen molar-refractivity contribution in [2.24, 2.45) is 22.2 Å². The van der Waals surface area contributed by atoms with Crippen LogP contribution in [0.1, 0.15) is 66.7 Å². The van der Waals surface area contributed by atoms with E-state index >= 15 is 0 Å². The summed E-state index contributed by atoms with van der Waals surface area (Å²) in [4.78, 5) is 12.0. The van der Waals surface area contributed by atoms with Gasteiger partial charge in [-0.1, -0.05) is 38.7 Å². The maximum atomic E-state index is 12.0. The number of hydrogen-bond donors (Lipinski definition) is 1. The van der Waals surface area contributed by atoms with Gasteiger partial charge in [0.15, 0.2) is 0 Å². The SMILES string of the molecule is C=C1C=C2C3(C)CC4(/C=C/CC12CC)C(CC(C)=O)OC(C)(C)C4CC3=N. The third-order valence-electron chi connectivity index (χ3n) is 8.28. The lowest BCUT2D eigenvalue weighted by Crippen LogP contribution is -2.55. The molecule has 1 spiro atoms. The zero-order valence-corrected chi connectivity index (χ0v) is 17.4. The van der Waals surface area contributed by atoms with Crippen LogP contribution in [0.15, 0.2) is 36.0 Å². The van der Waals surface area contributed by atoms with E-state index in [1.807, 2.05) is 0 Å². The van der Waals surface area contributed by atoms with Gasteiger partial charge in [0, 0.05) is 34.3 Å². The molecule has 0 aromatic heterocycles. The number of ketones is 1. The van der Waals surface area contributed by atoms with Crippen LogP contribution in [0.3, 0.4) is 0 Å². The highest BCUT2D eigenvalue weighted by atomic mass is 16.5. The minimum atomic E-state index is -0.323. The number of fused-ring (bicyclic) bond motifs is 3. The Hall–Kier alpha value is -1.48. The molecule has 5 atom stereocenters. The smallest absolute Gasteiger partial charge is 0.132 e. The molecule has 1 saturated carbocycles. The van der Waals surface area contributed by atoms with E-state index in [1.165, 1.54) is 11.1 Å². The Labute approximate surface area is 163 Å². The van der Waals surface area contributed by atoms with Crippen LogP contribution in [0, 0.1) is 27.6 Å². The van der Waals surface area contributed by atoms with Crippen molar-refractivity contribution in [1.82, 2.24) is 0 Å². The van der Waals surface area contributed by atoms with Gasteiger partial charge in [0.2, 0.25) is 0 Å². The number of rotatable bonds is 3. The Balaban J connectivity index is 1.89. The zero-order chi connectivity index (χ0) is 19.8. The fraction of sp³-hybridized carbons (Fsp3) is 0.667. The molecule has 0 amide bonds. The molecule has 0 aromatic rings. The van der Waals surface area contributed by atoms with E-state index in [4.69, 9.17) is 10.1 Å². The van der Waals surface area contributed by atoms with Gasteiger partial charge in [-0.15, -0.1) is 0 Å². The molecule has 1 heterocycles. The summed E-state index contributed by atoms with van der Waals surface area (Å²) in [6.45, 7) is 14.8. The predicted molar refractivity (Wildman–Crippen MR) is 109 cm³/mol. The van der Waals surface area contributed by atoms with Crippen LogP contribution in [0.25, 0.3) is 0 Å². The molecule has 146 valence electrons. The van der Waals surface area contributed by atoms with Crippen LogP contribution in [0.2, 0.25) is 0 Å². The molecular weight excluding hydrogens is 334 g/mol. The first kappa shape index (κ1) is 18.9. The second-order valence-corrected chi connectivity index (χ2v) is 10.1. The summed E-state index contributed by atoms with van der Waals surface area (Å²) < 4.78 is 6.52. The van der Waals surface area contributed by atoms with Crippen molar-refractivity contribution in [3.05, 3.63) is 36.0 Å². The molecule has 2 bridgehead atoms. The molecule has 1 saturated heterocycles. The number of ether oxygens (including phenoxy) is 1. The lowest BCUT2D eigenvalue weighted by molar-refractivity contribution is -0.122. The van der Waals surface area contributed by atoms with E-state index in [0.29, 0.717) is 6.42 Å². The summed E-state index contributed by atoms with van der Waals surface area (Å²) >= 11 is 0. The monoisotopic (exact) mass is 367 g/mol. The van der Waals surface area contributed by atoms with E-state index in [0.717, 1.165) is 31.4 Å². The second kappa shape index (κ2) is 5.53. The Bertz CT molecular complexity index is 803. The summed E-state index contributed by atoms with van der Waals surface area (Å²) in [5, 5.41) is 9.03. The van der Waals surface area contributed by atoms with Crippen LogP contribution in [-0.2, 0) is 9.53 Å². The Morgan fingerprint density at radius 2 is 2.07 bits per heavy atom. The van der Waals surface area contributed by atoms with E-state index in [-0.39, 0.29) is 39.7 Å². The quantitative estimate of drug-likeness (QED) is 0.677. The van der Waals surface area contributed by atoms with Gasteiger partial charge in [-0.05, 0) is 57.6 Å². The van der Waals surface area contributed by atoms with Crippen molar-refractivity contribution in [2.45, 2.75) is 78.4 Å². The lowest BCUT2D eigenvalue weighted by Gasteiger charge is -2.59. The molecule has 2 fully saturated rings. The van der Waals surface area contributed by atoms with Crippen molar-refractivity contribution in [3.63, 3.8) is 0 Å². The highest BCUT2D eigenvalue weighted by Gasteiger charge is 2.66. The highest BCUT2D eigenvalue weighted by Crippen LogP contribution is 2.68. The molecule has 0 aromatic carbocycles. The summed E-state index contributed by atoms with van der Waals surface area (Å²) in [5.41, 5.74) is 2.67. The number of nitrogens with one attached hydrogen (secondary N) is 1. The summed E-state index contributed by atoms with van der Waals surface area (Å²) in [6.07, 6.45) is 10.9. The third-order valence-corrected chi connectivity index (χ3v) is 8.28. The molecule has 1 N–H and O–H groups in total. The standard InChI is InChI=1S/C24H33NO2/c1-7-23-9-8-10-24-14-22(6,18(23)11-15(23)2)19(25)13-17(24)21(4,5)27-20(24)12-16(3)26/h8,10-11,17,20,25H,2,7,9,12-14H2,1,3-6H3/b10-8+,25-19?. The molecule has 27 heavy (non-hydrogen) atoms. The second-order valence-electron chi connectivity index (χ2n) is 10.1. The molecule has 3 heteroatoms. The molecule has 4 aliphatic rings. The first-order valence-electron chi connectivity index (χ1n) is 10.4. The fourth-order valence-electron chi connectivity index (χ4n) is 6.80. The van der Waals surface area contributed by atoms with Gasteiger partial charge in [0.25, 0.3) is 0 Å². The highest BCUT2D eigenvalue weighted by molar-refractivity contribution is 5.93. The average molecular weight is 368 g/mol. The van der Waals surface area contributed by atoms with Crippen molar-refractivity contribution >= 4 is 11.5 Å². The van der Waals surface area contributed by atoms with Gasteiger partial charge in [-0.25, -0.2) is 0 Å². The lowest BCUT2D eigenvalue weighted by atomic mass is 9.44. The first-order chi connectivity index (χ1) is 12.5. The van der Waals surface area contributed by atoms with Crippen LogP contribution < -0.4 is 0 Å². The maximum absolute atomic E-state index is 12.0. The number of carbonyl (C=O) groups is 1. The third kappa shape index (κ3) is 2.24. The molecule has 3 nitrogen and oxygen atoms in total. The molecular formula is C24H33NO2. The first-order valence-corrected chi connectivity index (χ1v) is 10.4. The summed E-state index contributed by atoms with van der Waals surface area (Å²) in [5.74, 6) is 0.423. The van der Waals surface area contributed by atoms with Crippen molar-refractivity contribution < 1.29 is 9.53 Å². The van der Waals surface area contributed by atoms with Gasteiger partial charge in [-0.2, -0.15) is 0 Å². The van der Waals surface area contributed by atoms with E-state index in [1.54, 1.807) is 6.92 Å². The van der Waals surface area contributed by atoms with Crippen molar-refractivity contribution in [3.8, 4) is 0 Å². The van der Waals surface area contributed by atoms with Gasteiger partial charge in [0.05, 0.1) is 11.7 Å². The molecule has 5 unspecified atom stereocenters. The zero-order valence-electron chi connectivity index (χ0n) is 17.4. The van der Waals surface area contributed by atoms with Gasteiger partial charge in [0.1, 0.15) is 5.78 Å². The molecule has 1 aliphatic heterocycles. The molecule has 0 radical (unpaired) electrons. The average Bonchev–Trinajstić information content (AvgIpc) is 2.76. The Kier molecular flexibility index (Phi) is 3.86. The topological polar surface area (TPSA) is 50.2 Å². The Morgan fingerprint density at radius 1 is 1.37 bits per heavy atom. The van der Waals surface area contributed by atoms with Crippen molar-refractivity contribution in [2.75, 3.05) is 0 Å². The largest absolute Gasteiger partial charge is 0.371 e. The van der Waals surface area contributed by atoms with E-state index in [9.17, 15) is 4.79 Å². The Morgan fingerprint density at radius 3 is 2.67 bits per heavy atom. The van der Waals surface area contributed by atoms with E-state index in [2.05, 4.69) is 52.5 Å². The van der Waals surface area contributed by atoms with Gasteiger partial charge >= 0.3 is 0 Å². The fourth-order valence-corrected chi connectivity index (χ4v) is 6.80. The van der Waals surface area contributed by atoms with Gasteiger partial charge < -0.3 is 10.1 Å². The van der Waals surface area contributed by atoms with Crippen LogP contribution >= 0.6 is 0 Å². The van der Waals surface area contributed by atoms with E-state index < -0.39 is 0 Å². The summed E-state index contributed by atoms with van der Waals surface area (Å²) in [7, 11) is 0. The number of hydrogen-bond acceptors (Lipinski definition) is 3.